The summed E-state index contributed by atoms with van der Waals surface area (Å²) in [5, 5.41) is 4.09. The first kappa shape index (κ1) is 14.8. The second kappa shape index (κ2) is 6.72. The van der Waals surface area contributed by atoms with E-state index in [-0.39, 0.29) is 6.04 Å². The Kier molecular flexibility index (Phi) is 5.24. The van der Waals surface area contributed by atoms with Crippen LogP contribution in [0.5, 0.6) is 0 Å². The normalized spacial score (nSPS) is 12.6. The summed E-state index contributed by atoms with van der Waals surface area (Å²) in [6, 6.07) is 6.02. The molecule has 5 heteroatoms. The van der Waals surface area contributed by atoms with E-state index in [1.54, 1.807) is 0 Å². The number of hydrogen-bond acceptors (Lipinski definition) is 2. The Hall–Kier alpha value is -0.590. The SMILES string of the molecule is CCCn1ccnc1C(NC)c1cc(Cl)ccc1I. The lowest BCUT2D eigenvalue weighted by Gasteiger charge is -2.19. The first-order valence-electron chi connectivity index (χ1n) is 6.30. The van der Waals surface area contributed by atoms with Crippen LogP contribution < -0.4 is 5.32 Å². The fourth-order valence-electron chi connectivity index (χ4n) is 2.17. The molecule has 1 heterocycles. The third-order valence-corrected chi connectivity index (χ3v) is 4.25. The van der Waals surface area contributed by atoms with Crippen LogP contribution in [-0.4, -0.2) is 16.6 Å². The number of aromatic nitrogens is 2. The maximum absolute atomic E-state index is 6.12. The van der Waals surface area contributed by atoms with Crippen LogP contribution in [0.15, 0.2) is 30.6 Å². The highest BCUT2D eigenvalue weighted by molar-refractivity contribution is 14.1. The summed E-state index contributed by atoms with van der Waals surface area (Å²) in [4.78, 5) is 4.51. The maximum Gasteiger partial charge on any atom is 0.130 e. The predicted octanol–water partition coefficient (Wildman–Crippen LogP) is 3.86. The average Bonchev–Trinajstić information content (AvgIpc) is 2.83. The average molecular weight is 390 g/mol. The van der Waals surface area contributed by atoms with Gasteiger partial charge >= 0.3 is 0 Å². The largest absolute Gasteiger partial charge is 0.333 e. The number of hydrogen-bond donors (Lipinski definition) is 1. The van der Waals surface area contributed by atoms with E-state index in [0.29, 0.717) is 0 Å². The van der Waals surface area contributed by atoms with Gasteiger partial charge in [-0.05, 0) is 59.8 Å². The number of benzene rings is 1. The van der Waals surface area contributed by atoms with Crippen molar-refractivity contribution in [1.29, 1.82) is 0 Å². The van der Waals surface area contributed by atoms with Crippen molar-refractivity contribution in [2.45, 2.75) is 25.9 Å². The molecule has 0 spiro atoms. The van der Waals surface area contributed by atoms with E-state index in [0.717, 1.165) is 23.8 Å². The molecule has 1 aromatic heterocycles. The van der Waals surface area contributed by atoms with Gasteiger partial charge in [-0.25, -0.2) is 4.98 Å². The second-order valence-corrected chi connectivity index (χ2v) is 5.96. The van der Waals surface area contributed by atoms with Crippen molar-refractivity contribution in [3.05, 3.63) is 50.6 Å². The zero-order valence-corrected chi connectivity index (χ0v) is 13.9. The summed E-state index contributed by atoms with van der Waals surface area (Å²) in [6.07, 6.45) is 4.97. The van der Waals surface area contributed by atoms with E-state index in [1.807, 2.05) is 37.6 Å². The molecule has 1 aromatic carbocycles. The number of halogens is 2. The quantitative estimate of drug-likeness (QED) is 0.787. The van der Waals surface area contributed by atoms with E-state index in [4.69, 9.17) is 11.6 Å². The summed E-state index contributed by atoms with van der Waals surface area (Å²) in [7, 11) is 1.95. The van der Waals surface area contributed by atoms with Gasteiger partial charge in [-0.2, -0.15) is 0 Å². The summed E-state index contributed by atoms with van der Waals surface area (Å²) in [5.41, 5.74) is 1.17. The monoisotopic (exact) mass is 389 g/mol. The van der Waals surface area contributed by atoms with Gasteiger partial charge in [0.1, 0.15) is 5.82 Å². The summed E-state index contributed by atoms with van der Waals surface area (Å²) in [6.45, 7) is 3.14. The molecule has 0 fully saturated rings. The minimum absolute atomic E-state index is 0.0622. The lowest BCUT2D eigenvalue weighted by molar-refractivity contribution is 0.567. The smallest absolute Gasteiger partial charge is 0.130 e. The molecular formula is C14H17ClIN3. The molecule has 3 nitrogen and oxygen atoms in total. The molecule has 0 aliphatic heterocycles. The van der Waals surface area contributed by atoms with Gasteiger partial charge in [-0.1, -0.05) is 18.5 Å². The van der Waals surface area contributed by atoms with E-state index < -0.39 is 0 Å². The Morgan fingerprint density at radius 1 is 1.47 bits per heavy atom. The predicted molar refractivity (Wildman–Crippen MR) is 87.6 cm³/mol. The highest BCUT2D eigenvalue weighted by Gasteiger charge is 2.19. The van der Waals surface area contributed by atoms with Crippen molar-refractivity contribution >= 4 is 34.2 Å². The van der Waals surface area contributed by atoms with Gasteiger partial charge in [0.15, 0.2) is 0 Å². The van der Waals surface area contributed by atoms with Crippen LogP contribution in [-0.2, 0) is 6.54 Å². The van der Waals surface area contributed by atoms with Crippen LogP contribution in [0.3, 0.4) is 0 Å². The van der Waals surface area contributed by atoms with Crippen LogP contribution in [0.25, 0.3) is 0 Å². The third kappa shape index (κ3) is 3.30. The van der Waals surface area contributed by atoms with Crippen LogP contribution in [0.1, 0.15) is 30.8 Å². The summed E-state index contributed by atoms with van der Waals surface area (Å²) < 4.78 is 3.38. The minimum Gasteiger partial charge on any atom is -0.333 e. The van der Waals surface area contributed by atoms with Crippen LogP contribution in [0.2, 0.25) is 5.02 Å². The second-order valence-electron chi connectivity index (χ2n) is 4.37. The van der Waals surface area contributed by atoms with E-state index in [2.05, 4.69) is 44.4 Å². The molecule has 2 aromatic rings. The van der Waals surface area contributed by atoms with Gasteiger partial charge in [0.25, 0.3) is 0 Å². The Balaban J connectivity index is 2.44. The summed E-state index contributed by atoms with van der Waals surface area (Å²) >= 11 is 8.46. The maximum atomic E-state index is 6.12. The molecule has 102 valence electrons. The Morgan fingerprint density at radius 2 is 2.26 bits per heavy atom. The molecule has 1 atom stereocenters. The van der Waals surface area contributed by atoms with Gasteiger partial charge in [0, 0.05) is 27.5 Å². The molecule has 0 aliphatic rings. The number of rotatable bonds is 5. The Morgan fingerprint density at radius 3 is 2.95 bits per heavy atom. The molecule has 19 heavy (non-hydrogen) atoms. The first-order valence-corrected chi connectivity index (χ1v) is 7.76. The highest BCUT2D eigenvalue weighted by Crippen LogP contribution is 2.27. The van der Waals surface area contributed by atoms with Crippen molar-refractivity contribution in [3.63, 3.8) is 0 Å². The number of nitrogens with one attached hydrogen (secondary N) is 1. The van der Waals surface area contributed by atoms with E-state index >= 15 is 0 Å². The molecule has 0 bridgehead atoms. The van der Waals surface area contributed by atoms with Crippen molar-refractivity contribution < 1.29 is 0 Å². The zero-order valence-electron chi connectivity index (χ0n) is 11.0. The Labute approximate surface area is 132 Å². The highest BCUT2D eigenvalue weighted by atomic mass is 127. The molecule has 1 unspecified atom stereocenters. The van der Waals surface area contributed by atoms with Crippen molar-refractivity contribution in [2.24, 2.45) is 0 Å². The topological polar surface area (TPSA) is 29.9 Å². The van der Waals surface area contributed by atoms with Gasteiger partial charge in [-0.15, -0.1) is 0 Å². The molecule has 0 saturated carbocycles. The van der Waals surface area contributed by atoms with Crippen molar-refractivity contribution in [1.82, 2.24) is 14.9 Å². The Bertz CT molecular complexity index is 553. The van der Waals surface area contributed by atoms with Crippen molar-refractivity contribution in [3.8, 4) is 0 Å². The lowest BCUT2D eigenvalue weighted by Crippen LogP contribution is -2.23. The number of imidazole rings is 1. The van der Waals surface area contributed by atoms with Crippen molar-refractivity contribution in [2.75, 3.05) is 7.05 Å². The van der Waals surface area contributed by atoms with Gasteiger partial charge in [-0.3, -0.25) is 0 Å². The molecule has 0 saturated heterocycles. The van der Waals surface area contributed by atoms with Gasteiger partial charge < -0.3 is 9.88 Å². The van der Waals surface area contributed by atoms with Crippen LogP contribution in [0.4, 0.5) is 0 Å². The zero-order chi connectivity index (χ0) is 13.8. The van der Waals surface area contributed by atoms with Gasteiger partial charge in [0.2, 0.25) is 0 Å². The van der Waals surface area contributed by atoms with E-state index in [9.17, 15) is 0 Å². The standard InChI is InChI=1S/C14H17ClIN3/c1-3-7-19-8-6-18-14(19)13(17-2)11-9-10(15)4-5-12(11)16/h4-6,8-9,13,17H,3,7H2,1-2H3. The van der Waals surface area contributed by atoms with Crippen LogP contribution in [0, 0.1) is 3.57 Å². The number of aryl methyl sites for hydroxylation is 1. The molecule has 1 N–H and O–H groups in total. The minimum atomic E-state index is 0.0622. The fourth-order valence-corrected chi connectivity index (χ4v) is 3.00. The van der Waals surface area contributed by atoms with Gasteiger partial charge in [0.05, 0.1) is 6.04 Å². The first-order chi connectivity index (χ1) is 9.17. The molecule has 0 aliphatic carbocycles. The molecular weight excluding hydrogens is 373 g/mol. The third-order valence-electron chi connectivity index (χ3n) is 3.03. The number of nitrogens with zero attached hydrogens (tertiary/aromatic N) is 2. The fraction of sp³-hybridized carbons (Fsp3) is 0.357. The molecule has 2 rings (SSSR count). The van der Waals surface area contributed by atoms with E-state index in [1.165, 1.54) is 9.13 Å². The summed E-state index contributed by atoms with van der Waals surface area (Å²) in [5.74, 6) is 1.03. The lowest BCUT2D eigenvalue weighted by atomic mass is 10.1. The molecule has 0 radical (unpaired) electrons. The molecule has 0 amide bonds. The van der Waals surface area contributed by atoms with Crippen LogP contribution >= 0.6 is 34.2 Å².